The van der Waals surface area contributed by atoms with E-state index in [9.17, 15) is 0 Å². The zero-order chi connectivity index (χ0) is 13.1. The van der Waals surface area contributed by atoms with Gasteiger partial charge in [0.05, 0.1) is 0 Å². The van der Waals surface area contributed by atoms with E-state index < -0.39 is 0 Å². The summed E-state index contributed by atoms with van der Waals surface area (Å²) in [7, 11) is 0. The van der Waals surface area contributed by atoms with Crippen molar-refractivity contribution in [3.63, 3.8) is 0 Å². The van der Waals surface area contributed by atoms with Crippen LogP contribution in [0.25, 0.3) is 0 Å². The molecule has 2 heterocycles. The van der Waals surface area contributed by atoms with E-state index in [1.807, 2.05) is 12.4 Å². The molecule has 3 nitrogen and oxygen atoms in total. The number of pyridine rings is 1. The van der Waals surface area contributed by atoms with Gasteiger partial charge in [0.1, 0.15) is 0 Å². The van der Waals surface area contributed by atoms with Crippen LogP contribution in [-0.2, 0) is 0 Å². The molecular weight excluding hydrogens is 290 g/mol. The largest absolute Gasteiger partial charge is 0.329 e. The van der Waals surface area contributed by atoms with Crippen molar-refractivity contribution in [1.29, 1.82) is 0 Å². The quantitative estimate of drug-likeness (QED) is 0.933. The molecule has 0 amide bonds. The maximum Gasteiger partial charge on any atom is 0.0489 e. The predicted molar refractivity (Wildman–Crippen MR) is 78.3 cm³/mol. The molecule has 1 aromatic rings. The van der Waals surface area contributed by atoms with Crippen molar-refractivity contribution in [2.24, 2.45) is 11.7 Å². The molecule has 1 aromatic heterocycles. The number of piperidine rings is 1. The summed E-state index contributed by atoms with van der Waals surface area (Å²) < 4.78 is 1.02. The molecule has 100 valence electrons. The van der Waals surface area contributed by atoms with Crippen LogP contribution in [0.5, 0.6) is 0 Å². The van der Waals surface area contributed by atoms with Gasteiger partial charge in [-0.15, -0.1) is 0 Å². The molecule has 1 aliphatic heterocycles. The van der Waals surface area contributed by atoms with Gasteiger partial charge in [-0.3, -0.25) is 9.88 Å². The van der Waals surface area contributed by atoms with E-state index in [0.717, 1.165) is 16.9 Å². The van der Waals surface area contributed by atoms with Crippen molar-refractivity contribution in [3.05, 3.63) is 28.5 Å². The lowest BCUT2D eigenvalue weighted by Gasteiger charge is -2.41. The van der Waals surface area contributed by atoms with Gasteiger partial charge in [-0.05, 0) is 53.2 Å². The molecular formula is C14H22BrN3. The topological polar surface area (TPSA) is 42.1 Å². The zero-order valence-electron chi connectivity index (χ0n) is 11.1. The van der Waals surface area contributed by atoms with E-state index in [1.165, 1.54) is 18.4 Å². The van der Waals surface area contributed by atoms with Crippen LogP contribution in [0.2, 0.25) is 0 Å². The number of likely N-dealkylation sites (tertiary alicyclic amines) is 1. The second-order valence-corrected chi connectivity index (χ2v) is 6.33. The van der Waals surface area contributed by atoms with Crippen LogP contribution in [0.15, 0.2) is 22.9 Å². The minimum atomic E-state index is 0.285. The molecule has 1 fully saturated rings. The fourth-order valence-corrected chi connectivity index (χ4v) is 3.21. The maximum absolute atomic E-state index is 6.01. The average molecular weight is 312 g/mol. The SMILES string of the molecule is CC1CCC(C)N(C(CN)c2cncc(Br)c2)C1. The zero-order valence-corrected chi connectivity index (χ0v) is 12.7. The van der Waals surface area contributed by atoms with Crippen LogP contribution in [0.4, 0.5) is 0 Å². The van der Waals surface area contributed by atoms with Gasteiger partial charge in [-0.2, -0.15) is 0 Å². The van der Waals surface area contributed by atoms with Crippen LogP contribution >= 0.6 is 15.9 Å². The lowest BCUT2D eigenvalue weighted by atomic mass is 9.92. The maximum atomic E-state index is 6.01. The highest BCUT2D eigenvalue weighted by Gasteiger charge is 2.29. The van der Waals surface area contributed by atoms with E-state index in [2.05, 4.69) is 45.7 Å². The Balaban J connectivity index is 2.21. The van der Waals surface area contributed by atoms with Crippen molar-refractivity contribution in [1.82, 2.24) is 9.88 Å². The van der Waals surface area contributed by atoms with E-state index in [0.29, 0.717) is 12.6 Å². The summed E-state index contributed by atoms with van der Waals surface area (Å²) in [6.45, 7) is 6.41. The second-order valence-electron chi connectivity index (χ2n) is 5.42. The molecule has 2 N–H and O–H groups in total. The van der Waals surface area contributed by atoms with Crippen molar-refractivity contribution in [2.75, 3.05) is 13.1 Å². The smallest absolute Gasteiger partial charge is 0.0489 e. The number of nitrogens with zero attached hydrogens (tertiary/aromatic N) is 2. The van der Waals surface area contributed by atoms with E-state index in [1.54, 1.807) is 0 Å². The third-order valence-electron chi connectivity index (χ3n) is 3.90. The molecule has 0 aromatic carbocycles. The number of hydrogen-bond donors (Lipinski definition) is 1. The first-order valence-electron chi connectivity index (χ1n) is 6.68. The van der Waals surface area contributed by atoms with Gasteiger partial charge in [0, 0.05) is 42.0 Å². The fourth-order valence-electron chi connectivity index (χ4n) is 2.83. The minimum Gasteiger partial charge on any atom is -0.329 e. The molecule has 18 heavy (non-hydrogen) atoms. The van der Waals surface area contributed by atoms with Crippen molar-refractivity contribution < 1.29 is 0 Å². The van der Waals surface area contributed by atoms with E-state index in [4.69, 9.17) is 5.73 Å². The van der Waals surface area contributed by atoms with Crippen LogP contribution in [-0.4, -0.2) is 29.0 Å². The molecule has 3 atom stereocenters. The Morgan fingerprint density at radius 1 is 1.44 bits per heavy atom. The highest BCUT2D eigenvalue weighted by molar-refractivity contribution is 9.10. The summed E-state index contributed by atoms with van der Waals surface area (Å²) in [6, 6.07) is 3.03. The van der Waals surface area contributed by atoms with Gasteiger partial charge in [0.15, 0.2) is 0 Å². The third-order valence-corrected chi connectivity index (χ3v) is 4.33. The van der Waals surface area contributed by atoms with Gasteiger partial charge in [-0.25, -0.2) is 0 Å². The standard InChI is InChI=1S/C14H22BrN3/c1-10-3-4-11(2)18(9-10)14(6-16)12-5-13(15)8-17-7-12/h5,7-8,10-11,14H,3-4,6,9,16H2,1-2H3. The molecule has 0 radical (unpaired) electrons. The van der Waals surface area contributed by atoms with Gasteiger partial charge >= 0.3 is 0 Å². The Bertz CT molecular complexity index is 396. The molecule has 2 rings (SSSR count). The highest BCUT2D eigenvalue weighted by atomic mass is 79.9. The van der Waals surface area contributed by atoms with Gasteiger partial charge in [0.2, 0.25) is 0 Å². The summed E-state index contributed by atoms with van der Waals surface area (Å²) in [5.41, 5.74) is 7.22. The van der Waals surface area contributed by atoms with Crippen LogP contribution in [0, 0.1) is 5.92 Å². The Morgan fingerprint density at radius 2 is 2.22 bits per heavy atom. The van der Waals surface area contributed by atoms with Crippen molar-refractivity contribution >= 4 is 15.9 Å². The summed E-state index contributed by atoms with van der Waals surface area (Å²) in [5, 5.41) is 0. The van der Waals surface area contributed by atoms with Gasteiger partial charge in [0.25, 0.3) is 0 Å². The monoisotopic (exact) mass is 311 g/mol. The molecule has 1 aliphatic rings. The third kappa shape index (κ3) is 3.11. The molecule has 4 heteroatoms. The number of nitrogens with two attached hydrogens (primary N) is 1. The van der Waals surface area contributed by atoms with Crippen molar-refractivity contribution in [2.45, 2.75) is 38.8 Å². The molecule has 1 saturated heterocycles. The number of rotatable bonds is 3. The number of hydrogen-bond acceptors (Lipinski definition) is 3. The molecule has 0 aliphatic carbocycles. The minimum absolute atomic E-state index is 0.285. The van der Waals surface area contributed by atoms with Crippen LogP contribution < -0.4 is 5.73 Å². The first-order valence-corrected chi connectivity index (χ1v) is 7.47. The summed E-state index contributed by atoms with van der Waals surface area (Å²) >= 11 is 3.49. The van der Waals surface area contributed by atoms with Gasteiger partial charge in [-0.1, -0.05) is 6.92 Å². The summed E-state index contributed by atoms with van der Waals surface area (Å²) in [5.74, 6) is 0.760. The van der Waals surface area contributed by atoms with Crippen LogP contribution in [0.3, 0.4) is 0 Å². The van der Waals surface area contributed by atoms with Crippen LogP contribution in [0.1, 0.15) is 38.3 Å². The van der Waals surface area contributed by atoms with E-state index in [-0.39, 0.29) is 6.04 Å². The van der Waals surface area contributed by atoms with Crippen molar-refractivity contribution in [3.8, 4) is 0 Å². The Kier molecular flexibility index (Phi) is 4.76. The lowest BCUT2D eigenvalue weighted by Crippen LogP contribution is -2.45. The summed E-state index contributed by atoms with van der Waals surface area (Å²) in [6.07, 6.45) is 6.35. The van der Waals surface area contributed by atoms with E-state index >= 15 is 0 Å². The normalized spacial score (nSPS) is 27.1. The highest BCUT2D eigenvalue weighted by Crippen LogP contribution is 2.30. The fraction of sp³-hybridized carbons (Fsp3) is 0.643. The lowest BCUT2D eigenvalue weighted by molar-refractivity contribution is 0.0796. The number of halogens is 1. The Hall–Kier alpha value is -0.450. The molecule has 0 saturated carbocycles. The average Bonchev–Trinajstić information content (AvgIpc) is 2.35. The Morgan fingerprint density at radius 3 is 2.89 bits per heavy atom. The number of aromatic nitrogens is 1. The first-order chi connectivity index (χ1) is 8.61. The predicted octanol–water partition coefficient (Wildman–Crippen LogP) is 2.96. The summed E-state index contributed by atoms with van der Waals surface area (Å²) in [4.78, 5) is 6.80. The van der Waals surface area contributed by atoms with Gasteiger partial charge < -0.3 is 5.73 Å². The molecule has 0 bridgehead atoms. The molecule has 3 unspecified atom stereocenters. The second kappa shape index (κ2) is 6.13. The Labute approximate surface area is 118 Å². The molecule has 0 spiro atoms. The first kappa shape index (κ1) is 14.0.